The van der Waals surface area contributed by atoms with Gasteiger partial charge in [-0.3, -0.25) is 0 Å². The lowest BCUT2D eigenvalue weighted by Crippen LogP contribution is -2.06. The topological polar surface area (TPSA) is 30.7 Å². The average molecular weight is 580 g/mol. The van der Waals surface area contributed by atoms with Crippen LogP contribution in [0.25, 0.3) is 81.6 Å². The molecule has 0 aliphatic heterocycles. The molecule has 9 aromatic rings. The second kappa shape index (κ2) is 10.0. The second-order valence-corrected chi connectivity index (χ2v) is 12.0. The van der Waals surface area contributed by atoms with E-state index in [0.717, 1.165) is 44.8 Å². The van der Waals surface area contributed by atoms with Crippen LogP contribution in [0.4, 0.5) is 0 Å². The first-order valence-corrected chi connectivity index (χ1v) is 15.6. The minimum Gasteiger partial charge on any atom is -0.305 e. The molecule has 0 saturated carbocycles. The van der Waals surface area contributed by atoms with Crippen LogP contribution in [-0.4, -0.2) is 14.5 Å². The maximum absolute atomic E-state index is 5.34. The van der Waals surface area contributed by atoms with E-state index in [0.29, 0.717) is 5.82 Å². The molecule has 0 aliphatic rings. The zero-order valence-electron chi connectivity index (χ0n) is 23.7. The molecule has 0 aliphatic carbocycles. The average Bonchev–Trinajstić information content (AvgIpc) is 3.64. The van der Waals surface area contributed by atoms with Crippen LogP contribution in [0, 0.1) is 0 Å². The summed E-state index contributed by atoms with van der Waals surface area (Å²) in [6.07, 6.45) is 0. The van der Waals surface area contributed by atoms with E-state index in [4.69, 9.17) is 9.97 Å². The Hall–Kier alpha value is -5.58. The van der Waals surface area contributed by atoms with Gasteiger partial charge in [0.25, 0.3) is 0 Å². The molecule has 9 rings (SSSR count). The first-order valence-electron chi connectivity index (χ1n) is 14.8. The Labute approximate surface area is 258 Å². The number of nitrogens with zero attached hydrogens (tertiary/aromatic N) is 3. The molecule has 0 N–H and O–H groups in total. The Bertz CT molecular complexity index is 2420. The third-order valence-corrected chi connectivity index (χ3v) is 9.62. The SMILES string of the molecule is c1ccc(-c2nc(-c3ccccc3)c(-n3c4ccccc4c4c5sc6ccccc6c5ccc43)c(-c3ccccc3)n2)cc1. The predicted molar refractivity (Wildman–Crippen MR) is 186 cm³/mol. The van der Waals surface area contributed by atoms with Crippen LogP contribution in [0.15, 0.2) is 152 Å². The number of hydrogen-bond acceptors (Lipinski definition) is 3. The summed E-state index contributed by atoms with van der Waals surface area (Å²) in [5.41, 5.74) is 8.15. The molecule has 44 heavy (non-hydrogen) atoms. The van der Waals surface area contributed by atoms with E-state index < -0.39 is 0 Å². The standard InChI is InChI=1S/C40H25N3S/c1-4-14-26(15-5-1)36-38(37(27-16-6-2-7-17-27)42-40(41-36)28-18-8-3-9-19-28)43-32-22-12-10-21-31(32)35-33(43)25-24-30-29-20-11-13-23-34(29)44-39(30)35/h1-25H. The molecule has 3 heterocycles. The van der Waals surface area contributed by atoms with E-state index in [1.54, 1.807) is 0 Å². The number of fused-ring (bicyclic) bond motifs is 7. The van der Waals surface area contributed by atoms with E-state index in [2.05, 4.69) is 138 Å². The summed E-state index contributed by atoms with van der Waals surface area (Å²) in [5.74, 6) is 0.708. The van der Waals surface area contributed by atoms with Gasteiger partial charge in [0, 0.05) is 47.6 Å². The van der Waals surface area contributed by atoms with E-state index in [1.165, 1.54) is 30.9 Å². The van der Waals surface area contributed by atoms with Gasteiger partial charge >= 0.3 is 0 Å². The van der Waals surface area contributed by atoms with Crippen molar-refractivity contribution in [3.63, 3.8) is 0 Å². The number of thiophene rings is 1. The van der Waals surface area contributed by atoms with Crippen LogP contribution < -0.4 is 0 Å². The zero-order valence-corrected chi connectivity index (χ0v) is 24.5. The van der Waals surface area contributed by atoms with Gasteiger partial charge in [-0.2, -0.15) is 0 Å². The molecule has 0 spiro atoms. The smallest absolute Gasteiger partial charge is 0.160 e. The van der Waals surface area contributed by atoms with Crippen LogP contribution >= 0.6 is 11.3 Å². The molecule has 0 saturated heterocycles. The van der Waals surface area contributed by atoms with Gasteiger partial charge in [-0.05, 0) is 18.2 Å². The summed E-state index contributed by atoms with van der Waals surface area (Å²) in [5, 5.41) is 5.09. The molecule has 0 radical (unpaired) electrons. The Morgan fingerprint density at radius 3 is 1.64 bits per heavy atom. The molecule has 3 aromatic heterocycles. The lowest BCUT2D eigenvalue weighted by Gasteiger charge is -2.19. The maximum atomic E-state index is 5.34. The molecule has 0 atom stereocenters. The van der Waals surface area contributed by atoms with Gasteiger partial charge in [0.1, 0.15) is 0 Å². The van der Waals surface area contributed by atoms with Crippen molar-refractivity contribution in [2.24, 2.45) is 0 Å². The molecule has 6 aromatic carbocycles. The van der Waals surface area contributed by atoms with Crippen LogP contribution in [0.3, 0.4) is 0 Å². The van der Waals surface area contributed by atoms with Crippen molar-refractivity contribution in [1.29, 1.82) is 0 Å². The van der Waals surface area contributed by atoms with Crippen LogP contribution in [0.2, 0.25) is 0 Å². The monoisotopic (exact) mass is 579 g/mol. The number of hydrogen-bond donors (Lipinski definition) is 0. The van der Waals surface area contributed by atoms with Gasteiger partial charge in [-0.15, -0.1) is 11.3 Å². The lowest BCUT2D eigenvalue weighted by molar-refractivity contribution is 1.09. The number of rotatable bonds is 4. The highest BCUT2D eigenvalue weighted by atomic mass is 32.1. The van der Waals surface area contributed by atoms with Crippen LogP contribution in [0.1, 0.15) is 0 Å². The molecular weight excluding hydrogens is 555 g/mol. The summed E-state index contributed by atoms with van der Waals surface area (Å²) in [6, 6.07) is 53.3. The molecule has 0 unspecified atom stereocenters. The third-order valence-electron chi connectivity index (χ3n) is 8.41. The predicted octanol–water partition coefficient (Wildman–Crippen LogP) is 10.9. The van der Waals surface area contributed by atoms with Gasteiger partial charge < -0.3 is 4.57 Å². The molecule has 0 fully saturated rings. The normalized spacial score (nSPS) is 11.6. The van der Waals surface area contributed by atoms with Gasteiger partial charge in [-0.1, -0.05) is 133 Å². The second-order valence-electron chi connectivity index (χ2n) is 11.0. The first kappa shape index (κ1) is 25.0. The summed E-state index contributed by atoms with van der Waals surface area (Å²) >= 11 is 1.87. The molecule has 206 valence electrons. The molecule has 3 nitrogen and oxygen atoms in total. The van der Waals surface area contributed by atoms with E-state index in [-0.39, 0.29) is 0 Å². The fourth-order valence-corrected chi connectivity index (χ4v) is 7.71. The Balaban J connectivity index is 1.48. The minimum atomic E-state index is 0.708. The van der Waals surface area contributed by atoms with Crippen molar-refractivity contribution in [3.05, 3.63) is 152 Å². The Kier molecular flexibility index (Phi) is 5.68. The quantitative estimate of drug-likeness (QED) is 0.208. The van der Waals surface area contributed by atoms with Crippen molar-refractivity contribution in [2.75, 3.05) is 0 Å². The van der Waals surface area contributed by atoms with Crippen molar-refractivity contribution in [2.45, 2.75) is 0 Å². The van der Waals surface area contributed by atoms with Crippen LogP contribution in [0.5, 0.6) is 0 Å². The van der Waals surface area contributed by atoms with Gasteiger partial charge in [-0.25, -0.2) is 9.97 Å². The minimum absolute atomic E-state index is 0.708. The maximum Gasteiger partial charge on any atom is 0.160 e. The van der Waals surface area contributed by atoms with Crippen molar-refractivity contribution in [1.82, 2.24) is 14.5 Å². The van der Waals surface area contributed by atoms with Gasteiger partial charge in [0.2, 0.25) is 0 Å². The first-order chi connectivity index (χ1) is 21.8. The number of aromatic nitrogens is 3. The fraction of sp³-hybridized carbons (Fsp3) is 0. The summed E-state index contributed by atoms with van der Waals surface area (Å²) in [6.45, 7) is 0. The van der Waals surface area contributed by atoms with Crippen molar-refractivity contribution in [3.8, 4) is 39.6 Å². The van der Waals surface area contributed by atoms with Crippen LogP contribution in [-0.2, 0) is 0 Å². The molecule has 4 heteroatoms. The highest BCUT2D eigenvalue weighted by molar-refractivity contribution is 7.26. The van der Waals surface area contributed by atoms with Gasteiger partial charge in [0.15, 0.2) is 5.82 Å². The van der Waals surface area contributed by atoms with Crippen molar-refractivity contribution >= 4 is 53.3 Å². The number of benzene rings is 6. The fourth-order valence-electron chi connectivity index (χ4n) is 6.45. The summed E-state index contributed by atoms with van der Waals surface area (Å²) in [7, 11) is 0. The zero-order chi connectivity index (χ0) is 29.0. The third kappa shape index (κ3) is 3.82. The van der Waals surface area contributed by atoms with E-state index in [9.17, 15) is 0 Å². The van der Waals surface area contributed by atoms with Crippen molar-refractivity contribution < 1.29 is 0 Å². The highest BCUT2D eigenvalue weighted by Gasteiger charge is 2.25. The molecule has 0 bridgehead atoms. The van der Waals surface area contributed by atoms with E-state index >= 15 is 0 Å². The lowest BCUT2D eigenvalue weighted by atomic mass is 10.0. The largest absolute Gasteiger partial charge is 0.305 e. The highest BCUT2D eigenvalue weighted by Crippen LogP contribution is 2.45. The summed E-state index contributed by atoms with van der Waals surface area (Å²) in [4.78, 5) is 10.7. The van der Waals surface area contributed by atoms with Gasteiger partial charge in [0.05, 0.1) is 28.1 Å². The number of para-hydroxylation sites is 1. The Morgan fingerprint density at radius 2 is 0.977 bits per heavy atom. The molecule has 0 amide bonds. The van der Waals surface area contributed by atoms with E-state index in [1.807, 2.05) is 29.5 Å². The summed E-state index contributed by atoms with van der Waals surface area (Å²) < 4.78 is 5.01. The Morgan fingerprint density at radius 1 is 0.432 bits per heavy atom. The molecular formula is C40H25N3S.